The lowest BCUT2D eigenvalue weighted by Crippen LogP contribution is -1.99. The number of hydrogen-bond donors (Lipinski definition) is 0. The molecule has 0 radical (unpaired) electrons. The Hall–Kier alpha value is -3.33. The summed E-state index contributed by atoms with van der Waals surface area (Å²) in [5.41, 5.74) is 7.43. The van der Waals surface area contributed by atoms with E-state index in [0.29, 0.717) is 0 Å². The highest BCUT2D eigenvalue weighted by Gasteiger charge is 2.19. The van der Waals surface area contributed by atoms with Gasteiger partial charge in [-0.25, -0.2) is 15.0 Å². The molecule has 0 unspecified atom stereocenters. The summed E-state index contributed by atoms with van der Waals surface area (Å²) >= 11 is 0. The Morgan fingerprint density at radius 2 is 1.31 bits per heavy atom. The van der Waals surface area contributed by atoms with Crippen LogP contribution in [-0.4, -0.2) is 15.0 Å². The lowest BCUT2D eigenvalue weighted by molar-refractivity contribution is 0.991. The molecule has 0 N–H and O–H groups in total. The van der Waals surface area contributed by atoms with E-state index in [9.17, 15) is 0 Å². The molecule has 0 fully saturated rings. The van der Waals surface area contributed by atoms with Gasteiger partial charge in [0.05, 0.1) is 0 Å². The van der Waals surface area contributed by atoms with Crippen LogP contribution >= 0.6 is 0 Å². The molecule has 26 heavy (non-hydrogen) atoms. The topological polar surface area (TPSA) is 38.7 Å². The molecule has 124 valence electrons. The van der Waals surface area contributed by atoms with E-state index in [4.69, 9.17) is 4.98 Å². The van der Waals surface area contributed by atoms with Gasteiger partial charge in [0.25, 0.3) is 0 Å². The van der Waals surface area contributed by atoms with Crippen molar-refractivity contribution in [2.75, 3.05) is 0 Å². The second kappa shape index (κ2) is 5.88. The molecule has 0 amide bonds. The first-order chi connectivity index (χ1) is 12.8. The Kier molecular flexibility index (Phi) is 3.39. The fraction of sp³-hybridized carbons (Fsp3) is 0.0870. The summed E-state index contributed by atoms with van der Waals surface area (Å²) in [7, 11) is 0. The highest BCUT2D eigenvalue weighted by Crippen LogP contribution is 2.38. The summed E-state index contributed by atoms with van der Waals surface area (Å²) in [6.45, 7) is 1.92. The molecule has 0 saturated carbocycles. The normalized spacial score (nSPS) is 11.9. The Balaban J connectivity index is 1.59. The van der Waals surface area contributed by atoms with E-state index in [1.165, 1.54) is 22.3 Å². The number of aromatic nitrogens is 3. The minimum atomic E-state index is 0.719. The largest absolute Gasteiger partial charge is 0.213 e. The molecule has 5 rings (SSSR count). The van der Waals surface area contributed by atoms with Crippen LogP contribution in [0.2, 0.25) is 0 Å². The summed E-state index contributed by atoms with van der Waals surface area (Å²) in [4.78, 5) is 13.8. The number of rotatable bonds is 2. The van der Waals surface area contributed by atoms with Crippen LogP contribution in [0.3, 0.4) is 0 Å². The van der Waals surface area contributed by atoms with E-state index in [-0.39, 0.29) is 0 Å². The lowest BCUT2D eigenvalue weighted by Gasteiger charge is -2.07. The standard InChI is InChI=1S/C23H17N3/c1-15-24-22(16-7-3-2-4-8-16)26-23(25-15)18-11-12-21-19(14-18)13-17-9-5-6-10-20(17)21/h2-12,14H,13H2,1H3. The fourth-order valence-corrected chi connectivity index (χ4v) is 3.61. The Bertz CT molecular complexity index is 1120. The summed E-state index contributed by atoms with van der Waals surface area (Å²) in [5, 5.41) is 0. The minimum Gasteiger partial charge on any atom is -0.213 e. The van der Waals surface area contributed by atoms with Gasteiger partial charge in [-0.05, 0) is 41.7 Å². The van der Waals surface area contributed by atoms with E-state index in [1.807, 2.05) is 37.3 Å². The zero-order chi connectivity index (χ0) is 17.5. The highest BCUT2D eigenvalue weighted by molar-refractivity contribution is 5.79. The van der Waals surface area contributed by atoms with Gasteiger partial charge in [-0.3, -0.25) is 0 Å². The molecular weight excluding hydrogens is 318 g/mol. The maximum atomic E-state index is 4.73. The Morgan fingerprint density at radius 3 is 2.15 bits per heavy atom. The van der Waals surface area contributed by atoms with Crippen LogP contribution in [0.25, 0.3) is 33.9 Å². The van der Waals surface area contributed by atoms with Crippen molar-refractivity contribution < 1.29 is 0 Å². The molecular formula is C23H17N3. The van der Waals surface area contributed by atoms with Crippen LogP contribution in [0, 0.1) is 6.92 Å². The van der Waals surface area contributed by atoms with Gasteiger partial charge in [0.15, 0.2) is 11.6 Å². The second-order valence-corrected chi connectivity index (χ2v) is 6.60. The first-order valence-electron chi connectivity index (χ1n) is 8.77. The summed E-state index contributed by atoms with van der Waals surface area (Å²) < 4.78 is 0. The van der Waals surface area contributed by atoms with E-state index >= 15 is 0 Å². The third-order valence-electron chi connectivity index (χ3n) is 4.83. The molecule has 3 nitrogen and oxygen atoms in total. The van der Waals surface area contributed by atoms with E-state index < -0.39 is 0 Å². The van der Waals surface area contributed by atoms with Gasteiger partial charge in [-0.1, -0.05) is 66.7 Å². The van der Waals surface area contributed by atoms with Crippen LogP contribution in [-0.2, 0) is 6.42 Å². The van der Waals surface area contributed by atoms with Gasteiger partial charge in [0.2, 0.25) is 0 Å². The molecule has 0 aliphatic heterocycles. The molecule has 3 aromatic carbocycles. The average molecular weight is 335 g/mol. The minimum absolute atomic E-state index is 0.719. The van der Waals surface area contributed by atoms with Crippen molar-refractivity contribution >= 4 is 0 Å². The third-order valence-corrected chi connectivity index (χ3v) is 4.83. The van der Waals surface area contributed by atoms with Gasteiger partial charge in [-0.2, -0.15) is 0 Å². The van der Waals surface area contributed by atoms with Gasteiger partial charge >= 0.3 is 0 Å². The van der Waals surface area contributed by atoms with E-state index in [2.05, 4.69) is 52.4 Å². The highest BCUT2D eigenvalue weighted by atomic mass is 15.0. The summed E-state index contributed by atoms with van der Waals surface area (Å²) in [5.74, 6) is 2.18. The molecule has 1 aliphatic rings. The van der Waals surface area contributed by atoms with Crippen molar-refractivity contribution in [2.45, 2.75) is 13.3 Å². The SMILES string of the molecule is Cc1nc(-c2ccccc2)nc(-c2ccc3c(c2)Cc2ccccc2-3)n1. The summed E-state index contributed by atoms with van der Waals surface area (Å²) in [6, 6.07) is 25.2. The average Bonchev–Trinajstić information content (AvgIpc) is 3.06. The molecule has 1 aromatic heterocycles. The maximum Gasteiger partial charge on any atom is 0.163 e. The summed E-state index contributed by atoms with van der Waals surface area (Å²) in [6.07, 6.45) is 0.967. The number of benzene rings is 3. The first-order valence-corrected chi connectivity index (χ1v) is 8.77. The van der Waals surface area contributed by atoms with E-state index in [0.717, 1.165) is 35.0 Å². The Labute approximate surface area is 152 Å². The molecule has 0 bridgehead atoms. The number of hydrogen-bond acceptors (Lipinski definition) is 3. The molecule has 0 spiro atoms. The van der Waals surface area contributed by atoms with Gasteiger partial charge < -0.3 is 0 Å². The van der Waals surface area contributed by atoms with E-state index in [1.54, 1.807) is 0 Å². The van der Waals surface area contributed by atoms with Crippen LogP contribution < -0.4 is 0 Å². The van der Waals surface area contributed by atoms with Crippen LogP contribution in [0.5, 0.6) is 0 Å². The zero-order valence-electron chi connectivity index (χ0n) is 14.5. The predicted molar refractivity (Wildman–Crippen MR) is 104 cm³/mol. The monoisotopic (exact) mass is 335 g/mol. The number of aryl methyl sites for hydroxylation is 1. The quantitative estimate of drug-likeness (QED) is 0.451. The first kappa shape index (κ1) is 15.0. The van der Waals surface area contributed by atoms with Crippen LogP contribution in [0.15, 0.2) is 72.8 Å². The molecule has 1 heterocycles. The lowest BCUT2D eigenvalue weighted by atomic mass is 10.0. The van der Waals surface area contributed by atoms with Crippen molar-refractivity contribution in [3.63, 3.8) is 0 Å². The molecule has 4 aromatic rings. The van der Waals surface area contributed by atoms with Crippen LogP contribution in [0.1, 0.15) is 17.0 Å². The van der Waals surface area contributed by atoms with Gasteiger partial charge in [0.1, 0.15) is 5.82 Å². The van der Waals surface area contributed by atoms with Crippen LogP contribution in [0.4, 0.5) is 0 Å². The molecule has 0 atom stereocenters. The Morgan fingerprint density at radius 1 is 0.615 bits per heavy atom. The molecule has 3 heteroatoms. The van der Waals surface area contributed by atoms with Gasteiger partial charge in [0, 0.05) is 11.1 Å². The van der Waals surface area contributed by atoms with Crippen molar-refractivity contribution in [1.82, 2.24) is 15.0 Å². The second-order valence-electron chi connectivity index (χ2n) is 6.60. The van der Waals surface area contributed by atoms with Crippen molar-refractivity contribution in [2.24, 2.45) is 0 Å². The van der Waals surface area contributed by atoms with Gasteiger partial charge in [-0.15, -0.1) is 0 Å². The van der Waals surface area contributed by atoms with Crippen molar-refractivity contribution in [3.8, 4) is 33.9 Å². The number of fused-ring (bicyclic) bond motifs is 3. The third kappa shape index (κ3) is 2.49. The fourth-order valence-electron chi connectivity index (χ4n) is 3.61. The molecule has 0 saturated heterocycles. The predicted octanol–water partition coefficient (Wildman–Crippen LogP) is 5.09. The maximum absolute atomic E-state index is 4.73. The van der Waals surface area contributed by atoms with Crippen molar-refractivity contribution in [3.05, 3.63) is 89.7 Å². The van der Waals surface area contributed by atoms with Crippen molar-refractivity contribution in [1.29, 1.82) is 0 Å². The number of nitrogens with zero attached hydrogens (tertiary/aromatic N) is 3. The smallest absolute Gasteiger partial charge is 0.163 e. The molecule has 1 aliphatic carbocycles. The zero-order valence-corrected chi connectivity index (χ0v) is 14.5.